The minimum atomic E-state index is -0.0117. The number of benzene rings is 2. The van der Waals surface area contributed by atoms with Gasteiger partial charge in [-0.1, -0.05) is 39.0 Å². The van der Waals surface area contributed by atoms with Crippen molar-refractivity contribution in [2.75, 3.05) is 7.11 Å². The number of methoxy groups -OCH3 is 1. The van der Waals surface area contributed by atoms with E-state index in [2.05, 4.69) is 36.8 Å². The van der Waals surface area contributed by atoms with Gasteiger partial charge in [0.25, 0.3) is 0 Å². The van der Waals surface area contributed by atoms with Crippen LogP contribution in [0.2, 0.25) is 0 Å². The molecule has 4 bridgehead atoms. The molecule has 7 rings (SSSR count). The molecule has 223 valence electrons. The molecule has 0 saturated heterocycles. The molecule has 2 aromatic carbocycles. The van der Waals surface area contributed by atoms with Crippen molar-refractivity contribution >= 4 is 6.21 Å². The monoisotopic (exact) mass is 609 g/mol. The number of aromatic nitrogens is 1. The summed E-state index contributed by atoms with van der Waals surface area (Å²) < 4.78 is 13.2. The van der Waals surface area contributed by atoms with Gasteiger partial charge in [-0.3, -0.25) is 9.98 Å². The summed E-state index contributed by atoms with van der Waals surface area (Å²) in [5.41, 5.74) is 3.80. The molecule has 0 spiro atoms. The maximum absolute atomic E-state index is 10.6. The van der Waals surface area contributed by atoms with E-state index >= 15 is 0 Å². The molecule has 0 unspecified atom stereocenters. The van der Waals surface area contributed by atoms with E-state index in [4.69, 9.17) is 8.41 Å². The number of phenols is 3. The predicted molar refractivity (Wildman–Crippen MR) is 159 cm³/mol. The molecule has 42 heavy (non-hydrogen) atoms. The third kappa shape index (κ3) is 7.07. The van der Waals surface area contributed by atoms with Crippen molar-refractivity contribution in [1.29, 1.82) is 0 Å². The fourth-order valence-electron chi connectivity index (χ4n) is 7.43. The number of hydrogen-bond donors (Lipinski definition) is 3. The van der Waals surface area contributed by atoms with Crippen LogP contribution in [0.1, 0.15) is 81.7 Å². The topological polar surface area (TPSA) is 112 Å². The van der Waals surface area contributed by atoms with Crippen LogP contribution < -0.4 is 4.74 Å². The van der Waals surface area contributed by atoms with Crippen molar-refractivity contribution in [2.24, 2.45) is 22.7 Å². The molecule has 4 aliphatic carbocycles. The van der Waals surface area contributed by atoms with Gasteiger partial charge < -0.3 is 20.1 Å². The number of aliphatic imine (C=N–C) groups is 1. The van der Waals surface area contributed by atoms with E-state index in [1.165, 1.54) is 45.6 Å². The van der Waals surface area contributed by atoms with Gasteiger partial charge in [-0.15, -0.1) is 0 Å². The van der Waals surface area contributed by atoms with Gasteiger partial charge in [0.2, 0.25) is 0 Å². The summed E-state index contributed by atoms with van der Waals surface area (Å²) in [6.45, 7) is 6.99. The van der Waals surface area contributed by atoms with Crippen molar-refractivity contribution in [3.8, 4) is 23.0 Å². The second kappa shape index (κ2) is 13.4. The number of pyridine rings is 1. The van der Waals surface area contributed by atoms with Crippen molar-refractivity contribution in [2.45, 2.75) is 76.7 Å². The van der Waals surface area contributed by atoms with Crippen molar-refractivity contribution in [3.63, 3.8) is 0 Å². The Hall–Kier alpha value is -3.16. The summed E-state index contributed by atoms with van der Waals surface area (Å²) in [6, 6.07) is 14.9. The van der Waals surface area contributed by atoms with Crippen LogP contribution in [-0.4, -0.2) is 33.6 Å². The van der Waals surface area contributed by atoms with E-state index in [9.17, 15) is 15.3 Å². The van der Waals surface area contributed by atoms with Crippen LogP contribution in [0.5, 0.6) is 23.0 Å². The first-order valence-electron chi connectivity index (χ1n) is 14.6. The third-order valence-electron chi connectivity index (χ3n) is 9.03. The zero-order valence-electron chi connectivity index (χ0n) is 25.0. The molecule has 0 atom stereocenters. The van der Waals surface area contributed by atoms with Crippen LogP contribution in [0.4, 0.5) is 0 Å². The first kappa shape index (κ1) is 31.8. The summed E-state index contributed by atoms with van der Waals surface area (Å²) in [5.74, 6) is 3.28. The van der Waals surface area contributed by atoms with E-state index < -0.39 is 0 Å². The van der Waals surface area contributed by atoms with Gasteiger partial charge in [-0.2, -0.15) is 0 Å². The van der Waals surface area contributed by atoms with Gasteiger partial charge in [0.15, 0.2) is 23.0 Å². The third-order valence-corrected chi connectivity index (χ3v) is 9.03. The van der Waals surface area contributed by atoms with Crippen LogP contribution >= 0.6 is 0 Å². The number of aromatic hydroxyl groups is 3. The fraction of sp³-hybridized carbons (Fsp3) is 0.471. The van der Waals surface area contributed by atoms with Crippen LogP contribution in [0.25, 0.3) is 0 Å². The second-order valence-electron chi connectivity index (χ2n) is 13.0. The van der Waals surface area contributed by atoms with E-state index in [1.807, 2.05) is 18.2 Å². The zero-order valence-corrected chi connectivity index (χ0v) is 26.4. The fourth-order valence-corrected chi connectivity index (χ4v) is 7.43. The SMILES string of the molecule is CC(C)(C)c1cc(O)c(O)c(C23CC4CC(CC(C4)C2)C3)c1.COc1cccc(C=NCc2ccccn2)c1O.[O]=[V]. The Labute approximate surface area is 258 Å². The molecular formula is C34H42N2O5V. The number of ether oxygens (including phenoxy) is 1. The number of para-hydroxylation sites is 1. The zero-order chi connectivity index (χ0) is 30.5. The van der Waals surface area contributed by atoms with Gasteiger partial charge in [0, 0.05) is 23.5 Å². The average Bonchev–Trinajstić information content (AvgIpc) is 2.96. The standard InChI is InChI=1S/C20H28O2.C14H14N2O2.O.V/c1-19(2,3)15-7-16(18(22)17(21)8-15)20-9-12-4-13(10-20)6-14(5-12)11-20;1-18-13-7-4-5-11(14(13)17)9-15-10-12-6-2-3-8-16-12;;/h7-8,12-14,21-22H,4-6,9-11H2,1-3H3;2-9,17H,10H2,1H3;;. The van der Waals surface area contributed by atoms with Gasteiger partial charge in [-0.05, 0) is 103 Å². The molecular weight excluding hydrogens is 567 g/mol. The molecule has 1 aromatic heterocycles. The Kier molecular flexibility index (Phi) is 10.2. The van der Waals surface area contributed by atoms with E-state index in [0.717, 1.165) is 51.9 Å². The normalized spacial score (nSPS) is 23.9. The van der Waals surface area contributed by atoms with Gasteiger partial charge in [0.1, 0.15) is 0 Å². The number of rotatable bonds is 5. The minimum absolute atomic E-state index is 0.0117. The molecule has 1 heterocycles. The summed E-state index contributed by atoms with van der Waals surface area (Å²) in [4.78, 5) is 8.41. The molecule has 8 heteroatoms. The predicted octanol–water partition coefficient (Wildman–Crippen LogP) is 7.16. The van der Waals surface area contributed by atoms with Crippen molar-refractivity contribution in [3.05, 3.63) is 77.1 Å². The van der Waals surface area contributed by atoms with Crippen molar-refractivity contribution < 1.29 is 41.1 Å². The molecule has 4 aliphatic rings. The quantitative estimate of drug-likeness (QED) is 0.209. The number of nitrogens with zero attached hydrogens (tertiary/aromatic N) is 2. The van der Waals surface area contributed by atoms with Crippen LogP contribution in [0, 0.1) is 17.8 Å². The van der Waals surface area contributed by atoms with Gasteiger partial charge in [-0.25, -0.2) is 0 Å². The van der Waals surface area contributed by atoms with Gasteiger partial charge in [0.05, 0.1) is 19.3 Å². The average molecular weight is 610 g/mol. The van der Waals surface area contributed by atoms with Gasteiger partial charge >= 0.3 is 21.0 Å². The molecule has 7 nitrogen and oxygen atoms in total. The maximum atomic E-state index is 10.6. The molecule has 0 aliphatic heterocycles. The molecule has 3 N–H and O–H groups in total. The molecule has 0 radical (unpaired) electrons. The van der Waals surface area contributed by atoms with E-state index in [-0.39, 0.29) is 28.1 Å². The number of hydrogen-bond acceptors (Lipinski definition) is 7. The Morgan fingerprint density at radius 1 is 0.952 bits per heavy atom. The molecule has 3 aromatic rings. The first-order chi connectivity index (χ1) is 20.1. The summed E-state index contributed by atoms with van der Waals surface area (Å²) >= 11 is 1.06. The van der Waals surface area contributed by atoms with E-state index in [1.54, 1.807) is 36.7 Å². The van der Waals surface area contributed by atoms with Crippen molar-refractivity contribution in [1.82, 2.24) is 4.98 Å². The van der Waals surface area contributed by atoms with Crippen LogP contribution in [0.3, 0.4) is 0 Å². The van der Waals surface area contributed by atoms with Crippen LogP contribution in [-0.2, 0) is 38.4 Å². The number of phenolic OH excluding ortho intramolecular Hbond substituents is 3. The Bertz CT molecular complexity index is 1350. The van der Waals surface area contributed by atoms with Crippen LogP contribution in [0.15, 0.2) is 59.7 Å². The Morgan fingerprint density at radius 3 is 2.14 bits per heavy atom. The molecule has 0 amide bonds. The summed E-state index contributed by atoms with van der Waals surface area (Å²) in [5, 5.41) is 30.7. The Balaban J connectivity index is 0.000000186. The Morgan fingerprint density at radius 2 is 1.60 bits per heavy atom. The molecule has 4 saturated carbocycles. The summed E-state index contributed by atoms with van der Waals surface area (Å²) in [7, 11) is 1.52. The second-order valence-corrected chi connectivity index (χ2v) is 13.0. The first-order valence-corrected chi connectivity index (χ1v) is 15.2. The molecule has 4 fully saturated rings. The summed E-state index contributed by atoms with van der Waals surface area (Å²) in [6.07, 6.45) is 11.2. The van der Waals surface area contributed by atoms with E-state index in [0.29, 0.717) is 17.9 Å².